The van der Waals surface area contributed by atoms with E-state index in [9.17, 15) is 8.42 Å². The van der Waals surface area contributed by atoms with Gasteiger partial charge in [0.15, 0.2) is 5.84 Å². The minimum Gasteiger partial charge on any atom is -0.246 e. The van der Waals surface area contributed by atoms with Crippen molar-refractivity contribution in [2.45, 2.75) is 11.3 Å². The minimum atomic E-state index is -3.73. The summed E-state index contributed by atoms with van der Waals surface area (Å²) >= 11 is 0. The Morgan fingerprint density at radius 3 is 2.62 bits per heavy atom. The molecule has 7 heteroatoms. The molecular formula is C19H16N4O2S. The number of allylic oxidation sites excluding steroid dienone is 1. The number of hydrogen-bond acceptors (Lipinski definition) is 5. The van der Waals surface area contributed by atoms with Crippen LogP contribution < -0.4 is 0 Å². The van der Waals surface area contributed by atoms with Crippen LogP contribution in [0.2, 0.25) is 0 Å². The van der Waals surface area contributed by atoms with E-state index >= 15 is 0 Å². The second kappa shape index (κ2) is 7.76. The first-order valence-electron chi connectivity index (χ1n) is 7.96. The van der Waals surface area contributed by atoms with E-state index in [-0.39, 0.29) is 23.7 Å². The number of nitriles is 1. The fourth-order valence-electron chi connectivity index (χ4n) is 2.49. The molecule has 0 atom stereocenters. The number of fused-ring (bicyclic) bond motifs is 1. The lowest BCUT2D eigenvalue weighted by molar-refractivity contribution is 0.459. The first-order chi connectivity index (χ1) is 12.6. The van der Waals surface area contributed by atoms with Gasteiger partial charge < -0.3 is 0 Å². The predicted molar refractivity (Wildman–Crippen MR) is 101 cm³/mol. The van der Waals surface area contributed by atoms with Crippen LogP contribution in [0, 0.1) is 11.3 Å². The molecular weight excluding hydrogens is 348 g/mol. The SMILES string of the molecule is N#CCCN(N=CC=Cc1ccccc1)C1=NS(=O)(=O)c2ccccc21. The topological polar surface area (TPSA) is 85.9 Å². The number of hydrazone groups is 1. The van der Waals surface area contributed by atoms with Crippen molar-refractivity contribution in [1.29, 1.82) is 5.26 Å². The maximum atomic E-state index is 12.2. The zero-order valence-electron chi connectivity index (χ0n) is 13.9. The molecule has 2 aromatic carbocycles. The van der Waals surface area contributed by atoms with Crippen LogP contribution in [0.25, 0.3) is 6.08 Å². The first-order valence-corrected chi connectivity index (χ1v) is 9.40. The van der Waals surface area contributed by atoms with Gasteiger partial charge >= 0.3 is 0 Å². The summed E-state index contributed by atoms with van der Waals surface area (Å²) in [6, 6.07) is 18.4. The van der Waals surface area contributed by atoms with Gasteiger partial charge in [-0.1, -0.05) is 48.5 Å². The van der Waals surface area contributed by atoms with Gasteiger partial charge in [-0.05, 0) is 23.8 Å². The molecule has 6 nitrogen and oxygen atoms in total. The maximum absolute atomic E-state index is 12.2. The second-order valence-electron chi connectivity index (χ2n) is 5.45. The Hall–Kier alpha value is -3.24. The zero-order chi connectivity index (χ0) is 18.4. The molecule has 1 heterocycles. The van der Waals surface area contributed by atoms with Gasteiger partial charge in [0, 0.05) is 11.8 Å². The standard InChI is InChI=1S/C19H16N4O2S/c20-13-7-15-23(21-14-6-10-16-8-2-1-3-9-16)19-17-11-4-5-12-18(17)26(24,25)22-19/h1-6,8-12,14H,7,15H2. The van der Waals surface area contributed by atoms with Crippen LogP contribution in [0.4, 0.5) is 0 Å². The van der Waals surface area contributed by atoms with Gasteiger partial charge in [-0.3, -0.25) is 0 Å². The molecule has 0 amide bonds. The lowest BCUT2D eigenvalue weighted by Crippen LogP contribution is -2.26. The summed E-state index contributed by atoms with van der Waals surface area (Å²) in [5, 5.41) is 14.6. The molecule has 0 bridgehead atoms. The summed E-state index contributed by atoms with van der Waals surface area (Å²) in [4.78, 5) is 0.159. The molecule has 0 fully saturated rings. The van der Waals surface area contributed by atoms with Crippen LogP contribution in [0.15, 0.2) is 75.1 Å². The summed E-state index contributed by atoms with van der Waals surface area (Å²) in [5.74, 6) is 0.236. The highest BCUT2D eigenvalue weighted by Gasteiger charge is 2.31. The minimum absolute atomic E-state index is 0.159. The number of benzene rings is 2. The molecule has 1 aliphatic heterocycles. The van der Waals surface area contributed by atoms with E-state index in [2.05, 4.69) is 9.50 Å². The number of rotatable bonds is 5. The second-order valence-corrected chi connectivity index (χ2v) is 7.02. The van der Waals surface area contributed by atoms with Crippen molar-refractivity contribution in [3.8, 4) is 6.07 Å². The maximum Gasteiger partial charge on any atom is 0.285 e. The van der Waals surface area contributed by atoms with Crippen LogP contribution >= 0.6 is 0 Å². The molecule has 0 radical (unpaired) electrons. The molecule has 26 heavy (non-hydrogen) atoms. The van der Waals surface area contributed by atoms with Crippen molar-refractivity contribution < 1.29 is 8.42 Å². The van der Waals surface area contributed by atoms with Crippen LogP contribution in [-0.4, -0.2) is 32.0 Å². The molecule has 0 unspecified atom stereocenters. The smallest absolute Gasteiger partial charge is 0.246 e. The van der Waals surface area contributed by atoms with Crippen LogP contribution in [0.5, 0.6) is 0 Å². The Kier molecular flexibility index (Phi) is 5.25. The molecule has 0 spiro atoms. The third-order valence-electron chi connectivity index (χ3n) is 3.67. The number of amidine groups is 1. The molecule has 0 aromatic heterocycles. The summed E-state index contributed by atoms with van der Waals surface area (Å²) in [5.41, 5.74) is 1.52. The van der Waals surface area contributed by atoms with E-state index in [0.717, 1.165) is 5.56 Å². The Labute approximate surface area is 152 Å². The number of hydrogen-bond donors (Lipinski definition) is 0. The summed E-state index contributed by atoms with van der Waals surface area (Å²) in [6.07, 6.45) is 5.39. The van der Waals surface area contributed by atoms with Crippen LogP contribution in [0.1, 0.15) is 17.5 Å². The molecule has 0 N–H and O–H groups in total. The van der Waals surface area contributed by atoms with Gasteiger partial charge in [0.2, 0.25) is 0 Å². The molecule has 0 aliphatic carbocycles. The Bertz CT molecular complexity index is 1020. The van der Waals surface area contributed by atoms with Crippen LogP contribution in [0.3, 0.4) is 0 Å². The van der Waals surface area contributed by atoms with Crippen molar-refractivity contribution in [1.82, 2.24) is 5.01 Å². The van der Waals surface area contributed by atoms with E-state index < -0.39 is 10.0 Å². The Balaban J connectivity index is 1.86. The van der Waals surface area contributed by atoms with E-state index in [4.69, 9.17) is 5.26 Å². The molecule has 2 aromatic rings. The third-order valence-corrected chi connectivity index (χ3v) is 5.00. The number of nitrogens with zero attached hydrogens (tertiary/aromatic N) is 4. The fraction of sp³-hybridized carbons (Fsp3) is 0.105. The first kappa shape index (κ1) is 17.6. The highest BCUT2D eigenvalue weighted by molar-refractivity contribution is 7.90. The van der Waals surface area contributed by atoms with Gasteiger partial charge in [-0.25, -0.2) is 5.01 Å². The van der Waals surface area contributed by atoms with Gasteiger partial charge in [-0.15, -0.1) is 4.40 Å². The zero-order valence-corrected chi connectivity index (χ0v) is 14.7. The highest BCUT2D eigenvalue weighted by atomic mass is 32.2. The normalized spacial score (nSPS) is 15.0. The van der Waals surface area contributed by atoms with Crippen molar-refractivity contribution in [3.63, 3.8) is 0 Å². The van der Waals surface area contributed by atoms with E-state index in [0.29, 0.717) is 5.56 Å². The van der Waals surface area contributed by atoms with Gasteiger partial charge in [-0.2, -0.15) is 18.8 Å². The van der Waals surface area contributed by atoms with E-state index in [1.54, 1.807) is 30.5 Å². The molecule has 0 saturated heterocycles. The van der Waals surface area contributed by atoms with Crippen molar-refractivity contribution in [2.75, 3.05) is 6.54 Å². The Morgan fingerprint density at radius 2 is 1.85 bits per heavy atom. The molecule has 0 saturated carbocycles. The Morgan fingerprint density at radius 1 is 1.12 bits per heavy atom. The summed E-state index contributed by atoms with van der Waals surface area (Å²) in [6.45, 7) is 0.245. The average Bonchev–Trinajstić information content (AvgIpc) is 2.93. The molecule has 1 aliphatic rings. The van der Waals surface area contributed by atoms with E-state index in [1.165, 1.54) is 11.1 Å². The molecule has 130 valence electrons. The van der Waals surface area contributed by atoms with Crippen molar-refractivity contribution in [2.24, 2.45) is 9.50 Å². The van der Waals surface area contributed by atoms with Gasteiger partial charge in [0.25, 0.3) is 10.0 Å². The molecule has 3 rings (SSSR count). The summed E-state index contributed by atoms with van der Waals surface area (Å²) in [7, 11) is -3.73. The highest BCUT2D eigenvalue weighted by Crippen LogP contribution is 2.27. The number of sulfonamides is 1. The fourth-order valence-corrected chi connectivity index (χ4v) is 3.69. The predicted octanol–water partition coefficient (Wildman–Crippen LogP) is 3.05. The largest absolute Gasteiger partial charge is 0.285 e. The summed E-state index contributed by atoms with van der Waals surface area (Å²) < 4.78 is 28.3. The average molecular weight is 364 g/mol. The van der Waals surface area contributed by atoms with E-state index in [1.807, 2.05) is 42.5 Å². The van der Waals surface area contributed by atoms with Gasteiger partial charge in [0.05, 0.1) is 19.0 Å². The monoisotopic (exact) mass is 364 g/mol. The lowest BCUT2D eigenvalue weighted by atomic mass is 10.2. The third kappa shape index (κ3) is 3.87. The van der Waals surface area contributed by atoms with Crippen molar-refractivity contribution >= 4 is 28.1 Å². The lowest BCUT2D eigenvalue weighted by Gasteiger charge is -2.16. The van der Waals surface area contributed by atoms with Gasteiger partial charge in [0.1, 0.15) is 4.90 Å². The van der Waals surface area contributed by atoms with Crippen molar-refractivity contribution in [3.05, 3.63) is 71.8 Å². The van der Waals surface area contributed by atoms with Crippen LogP contribution in [-0.2, 0) is 10.0 Å². The quantitative estimate of drug-likeness (QED) is 0.603.